The van der Waals surface area contributed by atoms with Gasteiger partial charge in [-0.15, -0.1) is 0 Å². The lowest BCUT2D eigenvalue weighted by molar-refractivity contribution is 0.0777. The van der Waals surface area contributed by atoms with Crippen molar-refractivity contribution in [1.82, 2.24) is 4.90 Å². The van der Waals surface area contributed by atoms with Gasteiger partial charge in [0.2, 0.25) is 0 Å². The second kappa shape index (κ2) is 4.63. The summed E-state index contributed by atoms with van der Waals surface area (Å²) in [4.78, 5) is 14.5. The number of likely N-dealkylation sites (tertiary alicyclic amines) is 1. The van der Waals surface area contributed by atoms with Crippen LogP contribution in [0.15, 0.2) is 24.3 Å². The van der Waals surface area contributed by atoms with E-state index >= 15 is 0 Å². The minimum atomic E-state index is 0.127. The molecular weight excluding hydrogens is 226 g/mol. The fourth-order valence-electron chi connectivity index (χ4n) is 3.39. The summed E-state index contributed by atoms with van der Waals surface area (Å²) in [5.41, 5.74) is 0.694. The number of carbonyl (C=O) groups excluding carboxylic acids is 1. The number of benzene rings is 1. The molecule has 18 heavy (non-hydrogen) atoms. The van der Waals surface area contributed by atoms with Gasteiger partial charge in [-0.1, -0.05) is 18.6 Å². The first-order chi connectivity index (χ1) is 8.79. The van der Waals surface area contributed by atoms with E-state index in [0.717, 1.165) is 24.9 Å². The largest absolute Gasteiger partial charge is 0.496 e. The first-order valence-electron chi connectivity index (χ1n) is 6.72. The van der Waals surface area contributed by atoms with Crippen LogP contribution in [0.1, 0.15) is 29.6 Å². The van der Waals surface area contributed by atoms with Gasteiger partial charge in [0.1, 0.15) is 5.75 Å². The lowest BCUT2D eigenvalue weighted by atomic mass is 10.0. The van der Waals surface area contributed by atoms with Crippen LogP contribution in [-0.2, 0) is 0 Å². The van der Waals surface area contributed by atoms with E-state index in [9.17, 15) is 4.79 Å². The van der Waals surface area contributed by atoms with Gasteiger partial charge in [-0.2, -0.15) is 0 Å². The first kappa shape index (κ1) is 11.6. The average molecular weight is 245 g/mol. The third kappa shape index (κ3) is 1.88. The Hall–Kier alpha value is -1.51. The molecule has 0 bridgehead atoms. The summed E-state index contributed by atoms with van der Waals surface area (Å²) in [7, 11) is 1.62. The summed E-state index contributed by atoms with van der Waals surface area (Å²) in [5.74, 6) is 2.29. The lowest BCUT2D eigenvalue weighted by Gasteiger charge is -2.18. The highest BCUT2D eigenvalue weighted by Crippen LogP contribution is 2.38. The Bertz CT molecular complexity index is 446. The molecule has 1 saturated heterocycles. The highest BCUT2D eigenvalue weighted by atomic mass is 16.5. The van der Waals surface area contributed by atoms with Crippen LogP contribution in [0, 0.1) is 11.8 Å². The van der Waals surface area contributed by atoms with Crippen molar-refractivity contribution in [2.24, 2.45) is 11.8 Å². The Balaban J connectivity index is 1.79. The van der Waals surface area contributed by atoms with Crippen LogP contribution in [0.4, 0.5) is 0 Å². The molecule has 2 atom stereocenters. The summed E-state index contributed by atoms with van der Waals surface area (Å²) >= 11 is 0. The van der Waals surface area contributed by atoms with Gasteiger partial charge in [-0.25, -0.2) is 0 Å². The predicted molar refractivity (Wildman–Crippen MR) is 69.7 cm³/mol. The van der Waals surface area contributed by atoms with E-state index in [1.165, 1.54) is 19.3 Å². The van der Waals surface area contributed by atoms with Crippen LogP contribution in [0.5, 0.6) is 5.75 Å². The molecule has 2 unspecified atom stereocenters. The zero-order valence-electron chi connectivity index (χ0n) is 10.8. The number of nitrogens with zero attached hydrogens (tertiary/aromatic N) is 1. The second-order valence-electron chi connectivity index (χ2n) is 5.36. The molecule has 0 aromatic heterocycles. The van der Waals surface area contributed by atoms with Crippen molar-refractivity contribution in [3.8, 4) is 5.75 Å². The van der Waals surface area contributed by atoms with E-state index in [-0.39, 0.29) is 5.91 Å². The van der Waals surface area contributed by atoms with Crippen molar-refractivity contribution in [3.05, 3.63) is 29.8 Å². The van der Waals surface area contributed by atoms with Gasteiger partial charge < -0.3 is 9.64 Å². The van der Waals surface area contributed by atoms with Crippen LogP contribution >= 0.6 is 0 Å². The van der Waals surface area contributed by atoms with E-state index in [1.807, 2.05) is 29.2 Å². The third-order valence-corrected chi connectivity index (χ3v) is 4.35. The van der Waals surface area contributed by atoms with E-state index in [1.54, 1.807) is 7.11 Å². The fraction of sp³-hybridized carbons (Fsp3) is 0.533. The second-order valence-corrected chi connectivity index (χ2v) is 5.36. The maximum absolute atomic E-state index is 12.5. The van der Waals surface area contributed by atoms with Crippen molar-refractivity contribution < 1.29 is 9.53 Å². The predicted octanol–water partition coefficient (Wildman–Crippen LogP) is 2.57. The lowest BCUT2D eigenvalue weighted by Crippen LogP contribution is -2.29. The molecule has 96 valence electrons. The Labute approximate surface area is 108 Å². The van der Waals surface area contributed by atoms with Gasteiger partial charge >= 0.3 is 0 Å². The molecular formula is C15H19NO2. The van der Waals surface area contributed by atoms with Crippen LogP contribution in [0.3, 0.4) is 0 Å². The number of hydrogen-bond acceptors (Lipinski definition) is 2. The van der Waals surface area contributed by atoms with Crippen LogP contribution in [0.25, 0.3) is 0 Å². The number of methoxy groups -OCH3 is 1. The molecule has 3 heteroatoms. The number of para-hydroxylation sites is 1. The standard InChI is InChI=1S/C15H19NO2/c1-18-14-8-3-2-7-13(14)15(17)16-9-11-5-4-6-12(11)10-16/h2-3,7-8,11-12H,4-6,9-10H2,1H3. The maximum Gasteiger partial charge on any atom is 0.257 e. The average Bonchev–Trinajstić information content (AvgIpc) is 2.98. The molecule has 1 aromatic carbocycles. The molecule has 0 spiro atoms. The first-order valence-corrected chi connectivity index (χ1v) is 6.72. The summed E-state index contributed by atoms with van der Waals surface area (Å²) in [6.07, 6.45) is 3.92. The van der Waals surface area contributed by atoms with Crippen molar-refractivity contribution in [1.29, 1.82) is 0 Å². The molecule has 2 fully saturated rings. The molecule has 1 heterocycles. The van der Waals surface area contributed by atoms with Gasteiger partial charge in [0.15, 0.2) is 0 Å². The number of amides is 1. The van der Waals surface area contributed by atoms with Crippen molar-refractivity contribution in [2.75, 3.05) is 20.2 Å². The number of ether oxygens (including phenoxy) is 1. The van der Waals surface area contributed by atoms with Gasteiger partial charge in [0.05, 0.1) is 12.7 Å². The Kier molecular flexibility index (Phi) is 2.98. The van der Waals surface area contributed by atoms with Gasteiger partial charge in [-0.3, -0.25) is 4.79 Å². The number of hydrogen-bond donors (Lipinski definition) is 0. The normalized spacial score (nSPS) is 26.2. The van der Waals surface area contributed by atoms with E-state index < -0.39 is 0 Å². The molecule has 2 aliphatic rings. The van der Waals surface area contributed by atoms with E-state index in [0.29, 0.717) is 11.3 Å². The summed E-state index contributed by atoms with van der Waals surface area (Å²) in [6, 6.07) is 7.50. The zero-order chi connectivity index (χ0) is 12.5. The van der Waals surface area contributed by atoms with E-state index in [2.05, 4.69) is 0 Å². The molecule has 3 nitrogen and oxygen atoms in total. The van der Waals surface area contributed by atoms with Crippen molar-refractivity contribution >= 4 is 5.91 Å². The highest BCUT2D eigenvalue weighted by molar-refractivity contribution is 5.97. The monoisotopic (exact) mass is 245 g/mol. The molecule has 1 aliphatic carbocycles. The minimum Gasteiger partial charge on any atom is -0.496 e. The SMILES string of the molecule is COc1ccccc1C(=O)N1CC2CCCC2C1. The summed E-state index contributed by atoms with van der Waals surface area (Å²) in [5, 5.41) is 0. The zero-order valence-corrected chi connectivity index (χ0v) is 10.8. The molecule has 1 aromatic rings. The van der Waals surface area contributed by atoms with Gasteiger partial charge in [0.25, 0.3) is 5.91 Å². The van der Waals surface area contributed by atoms with Gasteiger partial charge in [-0.05, 0) is 36.8 Å². The fourth-order valence-corrected chi connectivity index (χ4v) is 3.39. The number of rotatable bonds is 2. The molecule has 1 saturated carbocycles. The van der Waals surface area contributed by atoms with Crippen molar-refractivity contribution in [2.45, 2.75) is 19.3 Å². The maximum atomic E-state index is 12.5. The van der Waals surface area contributed by atoms with Crippen LogP contribution in [0.2, 0.25) is 0 Å². The van der Waals surface area contributed by atoms with E-state index in [4.69, 9.17) is 4.74 Å². The quantitative estimate of drug-likeness (QED) is 0.801. The Morgan fingerprint density at radius 1 is 1.22 bits per heavy atom. The Morgan fingerprint density at radius 3 is 2.56 bits per heavy atom. The molecule has 1 aliphatic heterocycles. The van der Waals surface area contributed by atoms with Gasteiger partial charge in [0, 0.05) is 13.1 Å². The summed E-state index contributed by atoms with van der Waals surface area (Å²) in [6.45, 7) is 1.86. The van der Waals surface area contributed by atoms with Crippen molar-refractivity contribution in [3.63, 3.8) is 0 Å². The number of fused-ring (bicyclic) bond motifs is 1. The third-order valence-electron chi connectivity index (χ3n) is 4.35. The molecule has 3 rings (SSSR count). The minimum absolute atomic E-state index is 0.127. The Morgan fingerprint density at radius 2 is 1.89 bits per heavy atom. The topological polar surface area (TPSA) is 29.5 Å². The molecule has 0 radical (unpaired) electrons. The summed E-state index contributed by atoms with van der Waals surface area (Å²) < 4.78 is 5.27. The number of carbonyl (C=O) groups is 1. The smallest absolute Gasteiger partial charge is 0.257 e. The molecule has 1 amide bonds. The highest BCUT2D eigenvalue weighted by Gasteiger charge is 2.38. The van der Waals surface area contributed by atoms with Crippen LogP contribution in [-0.4, -0.2) is 31.0 Å². The van der Waals surface area contributed by atoms with Crippen LogP contribution < -0.4 is 4.74 Å². The molecule has 0 N–H and O–H groups in total.